The minimum Gasteiger partial charge on any atom is -0.507 e. The molecule has 1 fully saturated rings. The summed E-state index contributed by atoms with van der Waals surface area (Å²) >= 11 is 3.29. The number of amides is 1. The Morgan fingerprint density at radius 3 is 2.67 bits per heavy atom. The maximum Gasteiger partial charge on any atom is 0.325 e. The van der Waals surface area contributed by atoms with Crippen LogP contribution in [0.4, 0.5) is 0 Å². The molecule has 1 aromatic carbocycles. The Bertz CT molecular complexity index is 540. The molecule has 6 heteroatoms. The van der Waals surface area contributed by atoms with E-state index < -0.39 is 5.97 Å². The fraction of sp³-hybridized carbons (Fsp3) is 0.467. The minimum absolute atomic E-state index is 0.0231. The highest BCUT2D eigenvalue weighted by atomic mass is 79.9. The summed E-state index contributed by atoms with van der Waals surface area (Å²) in [6.07, 6.45) is 3.83. The summed E-state index contributed by atoms with van der Waals surface area (Å²) in [6.45, 7) is -0.0913. The Morgan fingerprint density at radius 1 is 1.38 bits per heavy atom. The average molecular weight is 356 g/mol. The van der Waals surface area contributed by atoms with E-state index in [1.54, 1.807) is 12.1 Å². The van der Waals surface area contributed by atoms with Gasteiger partial charge in [-0.3, -0.25) is 9.59 Å². The lowest BCUT2D eigenvalue weighted by Gasteiger charge is -2.28. The van der Waals surface area contributed by atoms with E-state index in [0.29, 0.717) is 4.47 Å². The molecule has 0 aromatic heterocycles. The molecule has 1 aliphatic carbocycles. The Balaban J connectivity index is 2.28. The molecule has 5 nitrogen and oxygen atoms in total. The monoisotopic (exact) mass is 355 g/mol. The highest BCUT2D eigenvalue weighted by molar-refractivity contribution is 9.10. The summed E-state index contributed by atoms with van der Waals surface area (Å²) in [4.78, 5) is 25.8. The van der Waals surface area contributed by atoms with Crippen LogP contribution >= 0.6 is 15.9 Å². The lowest BCUT2D eigenvalue weighted by Crippen LogP contribution is -2.42. The third-order valence-electron chi connectivity index (χ3n) is 3.74. The first-order chi connectivity index (χ1) is 10.0. The Kier molecular flexibility index (Phi) is 5.22. The highest BCUT2D eigenvalue weighted by Crippen LogP contribution is 2.28. The molecule has 0 bridgehead atoms. The van der Waals surface area contributed by atoms with Crippen LogP contribution in [0.5, 0.6) is 5.75 Å². The number of carbonyl (C=O) groups excluding carboxylic acids is 2. The molecule has 0 radical (unpaired) electrons. The number of aromatic hydroxyl groups is 1. The summed E-state index contributed by atoms with van der Waals surface area (Å²) in [7, 11) is 1.30. The number of benzene rings is 1. The van der Waals surface area contributed by atoms with Crippen molar-refractivity contribution in [2.45, 2.75) is 31.7 Å². The third kappa shape index (κ3) is 3.75. The molecule has 1 aromatic rings. The zero-order valence-corrected chi connectivity index (χ0v) is 13.4. The molecule has 2 rings (SSSR count). The van der Waals surface area contributed by atoms with Crippen LogP contribution in [0.3, 0.4) is 0 Å². The zero-order valence-electron chi connectivity index (χ0n) is 11.8. The van der Waals surface area contributed by atoms with Gasteiger partial charge in [0.25, 0.3) is 5.91 Å². The van der Waals surface area contributed by atoms with Crippen molar-refractivity contribution >= 4 is 27.8 Å². The molecule has 0 atom stereocenters. The number of halogens is 1. The molecular weight excluding hydrogens is 338 g/mol. The number of esters is 1. The molecule has 114 valence electrons. The van der Waals surface area contributed by atoms with Crippen LogP contribution in [0.1, 0.15) is 36.0 Å². The summed E-state index contributed by atoms with van der Waals surface area (Å²) < 4.78 is 5.38. The molecule has 1 N–H and O–H groups in total. The summed E-state index contributed by atoms with van der Waals surface area (Å²) in [5.41, 5.74) is 0.195. The highest BCUT2D eigenvalue weighted by Gasteiger charge is 2.30. The van der Waals surface area contributed by atoms with Gasteiger partial charge in [-0.2, -0.15) is 0 Å². The number of carbonyl (C=O) groups is 2. The molecule has 1 aliphatic rings. The normalized spacial score (nSPS) is 15.0. The fourth-order valence-electron chi connectivity index (χ4n) is 2.62. The second kappa shape index (κ2) is 6.93. The van der Waals surface area contributed by atoms with E-state index in [-0.39, 0.29) is 29.8 Å². The van der Waals surface area contributed by atoms with Crippen molar-refractivity contribution in [3.05, 3.63) is 28.2 Å². The summed E-state index contributed by atoms with van der Waals surface area (Å²) in [5, 5.41) is 9.90. The van der Waals surface area contributed by atoms with Gasteiger partial charge in [0.1, 0.15) is 12.3 Å². The van der Waals surface area contributed by atoms with E-state index in [1.165, 1.54) is 18.1 Å². The van der Waals surface area contributed by atoms with Crippen LogP contribution in [-0.2, 0) is 9.53 Å². The van der Waals surface area contributed by atoms with Crippen LogP contribution in [0.25, 0.3) is 0 Å². The Hall–Kier alpha value is -1.56. The second-order valence-electron chi connectivity index (χ2n) is 5.11. The molecule has 0 unspecified atom stereocenters. The van der Waals surface area contributed by atoms with Gasteiger partial charge in [-0.15, -0.1) is 0 Å². The van der Waals surface area contributed by atoms with E-state index in [0.717, 1.165) is 25.7 Å². The van der Waals surface area contributed by atoms with Crippen LogP contribution in [0.2, 0.25) is 0 Å². The quantitative estimate of drug-likeness (QED) is 0.843. The van der Waals surface area contributed by atoms with Crippen molar-refractivity contribution in [1.82, 2.24) is 4.90 Å². The standard InChI is InChI=1S/C15H18BrNO4/c1-21-14(19)9-17(11-4-2-3-5-11)15(20)12-8-10(16)6-7-13(12)18/h6-8,11,18H,2-5,9H2,1H3. The number of phenols is 1. The van der Waals surface area contributed by atoms with Gasteiger partial charge in [0.05, 0.1) is 12.7 Å². The summed E-state index contributed by atoms with van der Waals surface area (Å²) in [5.74, 6) is -0.883. The van der Waals surface area contributed by atoms with Crippen LogP contribution in [0, 0.1) is 0 Å². The molecule has 0 heterocycles. The Morgan fingerprint density at radius 2 is 2.05 bits per heavy atom. The van der Waals surface area contributed by atoms with E-state index in [9.17, 15) is 14.7 Å². The van der Waals surface area contributed by atoms with E-state index in [2.05, 4.69) is 20.7 Å². The molecule has 1 saturated carbocycles. The van der Waals surface area contributed by atoms with Crippen LogP contribution < -0.4 is 0 Å². The van der Waals surface area contributed by atoms with Crippen molar-refractivity contribution in [2.24, 2.45) is 0 Å². The lowest BCUT2D eigenvalue weighted by molar-refractivity contribution is -0.141. The van der Waals surface area contributed by atoms with Gasteiger partial charge in [0.15, 0.2) is 0 Å². The predicted octanol–water partition coefficient (Wildman–Crippen LogP) is 2.71. The zero-order chi connectivity index (χ0) is 15.4. The molecule has 21 heavy (non-hydrogen) atoms. The molecule has 0 spiro atoms. The lowest BCUT2D eigenvalue weighted by atomic mass is 10.1. The van der Waals surface area contributed by atoms with Gasteiger partial charge >= 0.3 is 5.97 Å². The Labute approximate surface area is 132 Å². The number of hydrogen-bond donors (Lipinski definition) is 1. The van der Waals surface area contributed by atoms with Crippen molar-refractivity contribution in [2.75, 3.05) is 13.7 Å². The van der Waals surface area contributed by atoms with E-state index >= 15 is 0 Å². The van der Waals surface area contributed by atoms with E-state index in [4.69, 9.17) is 0 Å². The van der Waals surface area contributed by atoms with Crippen molar-refractivity contribution in [1.29, 1.82) is 0 Å². The number of ether oxygens (including phenoxy) is 1. The second-order valence-corrected chi connectivity index (χ2v) is 6.02. The van der Waals surface area contributed by atoms with Gasteiger partial charge < -0.3 is 14.7 Å². The SMILES string of the molecule is COC(=O)CN(C(=O)c1cc(Br)ccc1O)C1CCCC1. The average Bonchev–Trinajstić information content (AvgIpc) is 3.00. The number of nitrogens with zero attached hydrogens (tertiary/aromatic N) is 1. The maximum atomic E-state index is 12.7. The predicted molar refractivity (Wildman–Crippen MR) is 81.1 cm³/mol. The first kappa shape index (κ1) is 15.8. The number of hydrogen-bond acceptors (Lipinski definition) is 4. The topological polar surface area (TPSA) is 66.8 Å². The van der Waals surface area contributed by atoms with Gasteiger partial charge in [0.2, 0.25) is 0 Å². The van der Waals surface area contributed by atoms with Gasteiger partial charge in [-0.25, -0.2) is 0 Å². The molecular formula is C15H18BrNO4. The van der Waals surface area contributed by atoms with Gasteiger partial charge in [-0.1, -0.05) is 28.8 Å². The number of methoxy groups -OCH3 is 1. The van der Waals surface area contributed by atoms with Gasteiger partial charge in [0, 0.05) is 10.5 Å². The van der Waals surface area contributed by atoms with Crippen molar-refractivity contribution < 1.29 is 19.4 Å². The first-order valence-corrected chi connectivity index (χ1v) is 7.68. The molecule has 0 saturated heterocycles. The maximum absolute atomic E-state index is 12.7. The van der Waals surface area contributed by atoms with Crippen molar-refractivity contribution in [3.8, 4) is 5.75 Å². The largest absolute Gasteiger partial charge is 0.507 e. The first-order valence-electron chi connectivity index (χ1n) is 6.89. The number of rotatable bonds is 4. The van der Waals surface area contributed by atoms with Crippen LogP contribution in [0.15, 0.2) is 22.7 Å². The van der Waals surface area contributed by atoms with Crippen LogP contribution in [-0.4, -0.2) is 41.6 Å². The molecule has 1 amide bonds. The minimum atomic E-state index is -0.454. The third-order valence-corrected chi connectivity index (χ3v) is 4.24. The summed E-state index contributed by atoms with van der Waals surface area (Å²) in [6, 6.07) is 4.71. The van der Waals surface area contributed by atoms with Crippen molar-refractivity contribution in [3.63, 3.8) is 0 Å². The van der Waals surface area contributed by atoms with Gasteiger partial charge in [-0.05, 0) is 31.0 Å². The van der Waals surface area contributed by atoms with E-state index in [1.807, 2.05) is 0 Å². The fourth-order valence-corrected chi connectivity index (χ4v) is 2.98. The number of phenolic OH excluding ortho intramolecular Hbond substituents is 1. The molecule has 0 aliphatic heterocycles. The smallest absolute Gasteiger partial charge is 0.325 e.